The molecular weight excluding hydrogens is 237 g/mol. The van der Waals surface area contributed by atoms with Crippen LogP contribution in [0.25, 0.3) is 0 Å². The minimum absolute atomic E-state index is 0.171. The highest BCUT2D eigenvalue weighted by Crippen LogP contribution is 2.21. The number of carbonyl (C=O) groups excluding carboxylic acids is 1. The lowest BCUT2D eigenvalue weighted by atomic mass is 10.1. The van der Waals surface area contributed by atoms with Gasteiger partial charge < -0.3 is 10.4 Å². The maximum atomic E-state index is 13.4. The normalized spacial score (nSPS) is 11.9. The molecule has 1 aromatic carbocycles. The first-order valence-electron chi connectivity index (χ1n) is 4.36. The lowest BCUT2D eigenvalue weighted by Crippen LogP contribution is -2.32. The molecule has 1 unspecified atom stereocenters. The summed E-state index contributed by atoms with van der Waals surface area (Å²) in [5.74, 6) is -2.64. The molecule has 6 heteroatoms. The molecule has 1 atom stereocenters. The Morgan fingerprint density at radius 2 is 2.12 bits per heavy atom. The molecule has 0 radical (unpaired) electrons. The van der Waals surface area contributed by atoms with Crippen LogP contribution < -0.4 is 5.32 Å². The number of amides is 1. The Labute approximate surface area is 96.0 Å². The molecular formula is C10H9ClFNO3. The second kappa shape index (κ2) is 4.94. The van der Waals surface area contributed by atoms with Gasteiger partial charge in [-0.3, -0.25) is 4.79 Å². The van der Waals surface area contributed by atoms with Crippen LogP contribution in [0.15, 0.2) is 18.2 Å². The van der Waals surface area contributed by atoms with Crippen molar-refractivity contribution in [2.24, 2.45) is 0 Å². The van der Waals surface area contributed by atoms with E-state index in [4.69, 9.17) is 16.7 Å². The Hall–Kier alpha value is -1.62. The van der Waals surface area contributed by atoms with Gasteiger partial charge in [-0.2, -0.15) is 0 Å². The number of halogens is 2. The fourth-order valence-electron chi connectivity index (χ4n) is 1.21. The van der Waals surface area contributed by atoms with Crippen molar-refractivity contribution in [3.05, 3.63) is 34.6 Å². The highest BCUT2D eigenvalue weighted by Gasteiger charge is 2.24. The van der Waals surface area contributed by atoms with Gasteiger partial charge in [-0.25, -0.2) is 9.18 Å². The van der Waals surface area contributed by atoms with Gasteiger partial charge in [0.05, 0.1) is 0 Å². The van der Waals surface area contributed by atoms with Gasteiger partial charge in [-0.05, 0) is 18.2 Å². The molecule has 16 heavy (non-hydrogen) atoms. The van der Waals surface area contributed by atoms with Crippen molar-refractivity contribution >= 4 is 23.5 Å². The number of nitrogens with one attached hydrogen (secondary N) is 1. The number of aliphatic carboxylic acids is 1. The Morgan fingerprint density at radius 1 is 1.50 bits per heavy atom. The molecule has 0 spiro atoms. The van der Waals surface area contributed by atoms with Gasteiger partial charge in [-0.15, -0.1) is 0 Å². The Bertz CT molecular complexity index is 436. The quantitative estimate of drug-likeness (QED) is 0.852. The third-order valence-electron chi connectivity index (χ3n) is 1.86. The van der Waals surface area contributed by atoms with Crippen LogP contribution in [0.5, 0.6) is 0 Å². The third-order valence-corrected chi connectivity index (χ3v) is 2.10. The molecule has 0 aliphatic heterocycles. The van der Waals surface area contributed by atoms with Gasteiger partial charge in [0.1, 0.15) is 5.82 Å². The van der Waals surface area contributed by atoms with Crippen LogP contribution in [0.2, 0.25) is 5.02 Å². The van der Waals surface area contributed by atoms with E-state index in [-0.39, 0.29) is 10.6 Å². The molecule has 1 rings (SSSR count). The molecule has 0 bridgehead atoms. The zero-order valence-electron chi connectivity index (χ0n) is 8.33. The van der Waals surface area contributed by atoms with E-state index >= 15 is 0 Å². The molecule has 0 aliphatic rings. The number of hydrogen-bond donors (Lipinski definition) is 2. The number of rotatable bonds is 3. The summed E-state index contributed by atoms with van der Waals surface area (Å²) in [6, 6.07) is 2.09. The van der Waals surface area contributed by atoms with E-state index in [0.717, 1.165) is 13.0 Å². The van der Waals surface area contributed by atoms with Gasteiger partial charge in [0.25, 0.3) is 0 Å². The number of benzene rings is 1. The van der Waals surface area contributed by atoms with E-state index in [1.807, 2.05) is 0 Å². The van der Waals surface area contributed by atoms with Gasteiger partial charge in [0, 0.05) is 17.5 Å². The van der Waals surface area contributed by atoms with Crippen molar-refractivity contribution in [3.63, 3.8) is 0 Å². The maximum absolute atomic E-state index is 13.4. The first-order chi connectivity index (χ1) is 7.41. The van der Waals surface area contributed by atoms with Gasteiger partial charge in [0.2, 0.25) is 5.91 Å². The summed E-state index contributed by atoms with van der Waals surface area (Å²) in [5.41, 5.74) is -0.171. The summed E-state index contributed by atoms with van der Waals surface area (Å²) in [4.78, 5) is 21.7. The smallest absolute Gasteiger partial charge is 0.331 e. The van der Waals surface area contributed by atoms with E-state index in [0.29, 0.717) is 0 Å². The van der Waals surface area contributed by atoms with Crippen molar-refractivity contribution in [3.8, 4) is 0 Å². The zero-order chi connectivity index (χ0) is 12.3. The van der Waals surface area contributed by atoms with Crippen molar-refractivity contribution in [2.45, 2.75) is 13.0 Å². The van der Waals surface area contributed by atoms with Crippen molar-refractivity contribution in [1.29, 1.82) is 0 Å². The number of carboxylic acid groups (broad SMARTS) is 1. The van der Waals surface area contributed by atoms with Gasteiger partial charge >= 0.3 is 5.97 Å². The van der Waals surface area contributed by atoms with Gasteiger partial charge in [0.15, 0.2) is 6.04 Å². The summed E-state index contributed by atoms with van der Waals surface area (Å²) in [6.07, 6.45) is 0. The van der Waals surface area contributed by atoms with Crippen molar-refractivity contribution in [1.82, 2.24) is 5.32 Å². The predicted molar refractivity (Wildman–Crippen MR) is 55.6 cm³/mol. The second-order valence-electron chi connectivity index (χ2n) is 3.14. The average Bonchev–Trinajstić information content (AvgIpc) is 2.18. The molecule has 1 amide bonds. The summed E-state index contributed by atoms with van der Waals surface area (Å²) >= 11 is 5.63. The SMILES string of the molecule is CC(=O)NC(C(=O)O)c1cc(Cl)ccc1F. The first-order valence-corrected chi connectivity index (χ1v) is 4.74. The van der Waals surface area contributed by atoms with Crippen LogP contribution in [0.1, 0.15) is 18.5 Å². The standard InChI is InChI=1S/C10H9ClFNO3/c1-5(14)13-9(10(15)16)7-4-6(11)2-3-8(7)12/h2-4,9H,1H3,(H,13,14)(H,15,16). The molecule has 0 fully saturated rings. The van der Waals surface area contributed by atoms with E-state index in [1.54, 1.807) is 0 Å². The van der Waals surface area contributed by atoms with E-state index in [1.165, 1.54) is 12.1 Å². The lowest BCUT2D eigenvalue weighted by molar-refractivity contribution is -0.141. The molecule has 1 aromatic rings. The minimum Gasteiger partial charge on any atom is -0.479 e. The number of carbonyl (C=O) groups is 2. The van der Waals surface area contributed by atoms with Gasteiger partial charge in [-0.1, -0.05) is 11.6 Å². The fourth-order valence-corrected chi connectivity index (χ4v) is 1.39. The predicted octanol–water partition coefficient (Wildman–Crippen LogP) is 1.74. The largest absolute Gasteiger partial charge is 0.479 e. The van der Waals surface area contributed by atoms with Crippen molar-refractivity contribution < 1.29 is 19.1 Å². The van der Waals surface area contributed by atoms with Crippen LogP contribution in [0.3, 0.4) is 0 Å². The van der Waals surface area contributed by atoms with E-state index < -0.39 is 23.7 Å². The summed E-state index contributed by atoms with van der Waals surface area (Å²) in [7, 11) is 0. The van der Waals surface area contributed by atoms with E-state index in [9.17, 15) is 14.0 Å². The lowest BCUT2D eigenvalue weighted by Gasteiger charge is -2.14. The van der Waals surface area contributed by atoms with E-state index in [2.05, 4.69) is 5.32 Å². The molecule has 0 saturated carbocycles. The topological polar surface area (TPSA) is 66.4 Å². The second-order valence-corrected chi connectivity index (χ2v) is 3.57. The monoisotopic (exact) mass is 245 g/mol. The van der Waals surface area contributed by atoms with Crippen LogP contribution in [-0.4, -0.2) is 17.0 Å². The fraction of sp³-hybridized carbons (Fsp3) is 0.200. The Kier molecular flexibility index (Phi) is 3.84. The van der Waals surface area contributed by atoms with Crippen LogP contribution >= 0.6 is 11.6 Å². The first kappa shape index (κ1) is 12.4. The Morgan fingerprint density at radius 3 is 2.62 bits per heavy atom. The summed E-state index contributed by atoms with van der Waals surface area (Å²) in [5, 5.41) is 11.2. The molecule has 2 N–H and O–H groups in total. The Balaban J connectivity index is 3.14. The number of carboxylic acids is 1. The molecule has 0 aromatic heterocycles. The summed E-state index contributed by atoms with van der Waals surface area (Å²) < 4.78 is 13.4. The maximum Gasteiger partial charge on any atom is 0.331 e. The van der Waals surface area contributed by atoms with Crippen molar-refractivity contribution in [2.75, 3.05) is 0 Å². The minimum atomic E-state index is -1.43. The number of hydrogen-bond acceptors (Lipinski definition) is 2. The highest BCUT2D eigenvalue weighted by atomic mass is 35.5. The van der Waals surface area contributed by atoms with Crippen LogP contribution in [0, 0.1) is 5.82 Å². The third kappa shape index (κ3) is 2.93. The summed E-state index contributed by atoms with van der Waals surface area (Å²) in [6.45, 7) is 1.15. The molecule has 0 aliphatic carbocycles. The molecule has 86 valence electrons. The average molecular weight is 246 g/mol. The van der Waals surface area contributed by atoms with Crippen LogP contribution in [0.4, 0.5) is 4.39 Å². The highest BCUT2D eigenvalue weighted by molar-refractivity contribution is 6.30. The zero-order valence-corrected chi connectivity index (χ0v) is 9.08. The molecule has 4 nitrogen and oxygen atoms in total. The van der Waals surface area contributed by atoms with Crippen LogP contribution in [-0.2, 0) is 9.59 Å². The molecule has 0 heterocycles. The molecule has 0 saturated heterocycles.